The van der Waals surface area contributed by atoms with E-state index in [2.05, 4.69) is 32.2 Å². The number of urea groups is 1. The van der Waals surface area contributed by atoms with Crippen LogP contribution in [0, 0.1) is 0 Å². The number of rotatable bonds is 8. The van der Waals surface area contributed by atoms with Gasteiger partial charge in [0.25, 0.3) is 0 Å². The van der Waals surface area contributed by atoms with Crippen LogP contribution in [0.2, 0.25) is 0 Å². The number of nitrogens with zero attached hydrogens (tertiary/aromatic N) is 4. The maximum atomic E-state index is 11.7. The summed E-state index contributed by atoms with van der Waals surface area (Å²) in [5.41, 5.74) is 2.19. The van der Waals surface area contributed by atoms with Crippen LogP contribution in [0.5, 0.6) is 0 Å². The van der Waals surface area contributed by atoms with E-state index in [1.807, 2.05) is 48.5 Å². The summed E-state index contributed by atoms with van der Waals surface area (Å²) in [4.78, 5) is 24.6. The van der Waals surface area contributed by atoms with Crippen molar-refractivity contribution < 1.29 is 9.59 Å². The second kappa shape index (κ2) is 8.91. The molecule has 1 saturated heterocycles. The molecular formula is C21H21N5O2S. The molecular weight excluding hydrogens is 386 g/mol. The number of para-hydroxylation sites is 1. The van der Waals surface area contributed by atoms with E-state index in [9.17, 15) is 9.59 Å². The van der Waals surface area contributed by atoms with E-state index in [1.54, 1.807) is 11.8 Å². The van der Waals surface area contributed by atoms with Gasteiger partial charge in [-0.15, -0.1) is 10.2 Å². The average Bonchev–Trinajstić information content (AvgIpc) is 3.29. The molecule has 3 amide bonds. The Bertz CT molecular complexity index is 975. The molecule has 3 aromatic rings. The number of hydrogen-bond acceptors (Lipinski definition) is 5. The molecule has 0 atom stereocenters. The van der Waals surface area contributed by atoms with Crippen molar-refractivity contribution in [2.75, 3.05) is 18.8 Å². The zero-order chi connectivity index (χ0) is 20.1. The average molecular weight is 407 g/mol. The minimum absolute atomic E-state index is 0.0944. The molecule has 8 heteroatoms. The number of aromatic nitrogens is 3. The Morgan fingerprint density at radius 2 is 1.69 bits per heavy atom. The summed E-state index contributed by atoms with van der Waals surface area (Å²) in [5, 5.41) is 12.2. The van der Waals surface area contributed by atoms with Gasteiger partial charge in [0, 0.05) is 24.4 Å². The molecule has 1 aliphatic rings. The van der Waals surface area contributed by atoms with Crippen LogP contribution in [0.1, 0.15) is 17.8 Å². The minimum atomic E-state index is -0.308. The molecule has 2 aromatic carbocycles. The van der Waals surface area contributed by atoms with Crippen molar-refractivity contribution >= 4 is 23.7 Å². The van der Waals surface area contributed by atoms with Gasteiger partial charge >= 0.3 is 6.03 Å². The van der Waals surface area contributed by atoms with Crippen molar-refractivity contribution in [2.24, 2.45) is 0 Å². The largest absolute Gasteiger partial charge is 0.329 e. The molecule has 0 unspecified atom stereocenters. The molecule has 0 spiro atoms. The van der Waals surface area contributed by atoms with Crippen molar-refractivity contribution in [3.05, 3.63) is 72.1 Å². The smallest absolute Gasteiger partial charge is 0.324 e. The first-order valence-corrected chi connectivity index (χ1v) is 10.5. The number of imide groups is 1. The van der Waals surface area contributed by atoms with Gasteiger partial charge in [-0.05, 0) is 24.1 Å². The molecule has 0 radical (unpaired) electrons. The van der Waals surface area contributed by atoms with E-state index in [0.29, 0.717) is 19.4 Å². The number of benzene rings is 2. The molecule has 2 heterocycles. The van der Waals surface area contributed by atoms with Crippen LogP contribution in [0.25, 0.3) is 5.69 Å². The molecule has 0 bridgehead atoms. The first-order chi connectivity index (χ1) is 14.2. The summed E-state index contributed by atoms with van der Waals surface area (Å²) >= 11 is 1.58. The second-order valence-electron chi connectivity index (χ2n) is 6.64. The Balaban J connectivity index is 1.47. The van der Waals surface area contributed by atoms with Crippen LogP contribution in [-0.4, -0.2) is 50.4 Å². The predicted octanol–water partition coefficient (Wildman–Crippen LogP) is 2.89. The lowest BCUT2D eigenvalue weighted by molar-refractivity contribution is -0.124. The van der Waals surface area contributed by atoms with Crippen LogP contribution in [-0.2, 0) is 11.2 Å². The van der Waals surface area contributed by atoms with Crippen LogP contribution in [0.15, 0.2) is 65.8 Å². The van der Waals surface area contributed by atoms with Gasteiger partial charge in [-0.2, -0.15) is 0 Å². The fraction of sp³-hybridized carbons (Fsp3) is 0.238. The fourth-order valence-electron chi connectivity index (χ4n) is 3.19. The SMILES string of the molecule is O=C1CNC(=O)N1CCCSc1nnc(Cc2ccccc2)n1-c1ccccc1. The van der Waals surface area contributed by atoms with Gasteiger partial charge < -0.3 is 5.32 Å². The zero-order valence-corrected chi connectivity index (χ0v) is 16.6. The summed E-state index contributed by atoms with van der Waals surface area (Å²) in [6, 6.07) is 19.9. The first-order valence-electron chi connectivity index (χ1n) is 9.47. The molecule has 7 nitrogen and oxygen atoms in total. The van der Waals surface area contributed by atoms with E-state index in [0.717, 1.165) is 22.4 Å². The fourth-order valence-corrected chi connectivity index (χ4v) is 4.09. The third kappa shape index (κ3) is 4.48. The van der Waals surface area contributed by atoms with Crippen LogP contribution in [0.3, 0.4) is 0 Å². The van der Waals surface area contributed by atoms with E-state index in [-0.39, 0.29) is 18.5 Å². The number of hydrogen-bond donors (Lipinski definition) is 1. The highest BCUT2D eigenvalue weighted by Crippen LogP contribution is 2.24. The molecule has 0 aliphatic carbocycles. The topological polar surface area (TPSA) is 80.1 Å². The zero-order valence-electron chi connectivity index (χ0n) is 15.8. The Hall–Kier alpha value is -3.13. The molecule has 1 fully saturated rings. The van der Waals surface area contributed by atoms with Gasteiger partial charge in [0.2, 0.25) is 5.91 Å². The van der Waals surface area contributed by atoms with Crippen molar-refractivity contribution in [3.63, 3.8) is 0 Å². The monoisotopic (exact) mass is 407 g/mol. The standard InChI is InChI=1S/C21H21N5O2S/c27-19-15-22-20(28)25(19)12-7-13-29-21-24-23-18(14-16-8-3-1-4-9-16)26(21)17-10-5-2-6-11-17/h1-6,8-11H,7,12-15H2,(H,22,28). The number of amides is 3. The Kier molecular flexibility index (Phi) is 5.90. The van der Waals surface area contributed by atoms with E-state index in [1.165, 1.54) is 10.5 Å². The number of carbonyl (C=O) groups is 2. The normalized spacial score (nSPS) is 13.7. The van der Waals surface area contributed by atoms with E-state index >= 15 is 0 Å². The lowest BCUT2D eigenvalue weighted by Gasteiger charge is -2.12. The van der Waals surface area contributed by atoms with Gasteiger partial charge in [0.05, 0.1) is 6.54 Å². The summed E-state index contributed by atoms with van der Waals surface area (Å²) < 4.78 is 2.07. The van der Waals surface area contributed by atoms with Gasteiger partial charge in [-0.3, -0.25) is 14.3 Å². The predicted molar refractivity (Wildman–Crippen MR) is 111 cm³/mol. The van der Waals surface area contributed by atoms with Crippen molar-refractivity contribution in [1.29, 1.82) is 0 Å². The summed E-state index contributed by atoms with van der Waals surface area (Å²) in [5.74, 6) is 1.43. The third-order valence-electron chi connectivity index (χ3n) is 4.61. The molecule has 1 aliphatic heterocycles. The van der Waals surface area contributed by atoms with Crippen molar-refractivity contribution in [2.45, 2.75) is 18.0 Å². The highest BCUT2D eigenvalue weighted by atomic mass is 32.2. The van der Waals surface area contributed by atoms with Crippen LogP contribution in [0.4, 0.5) is 4.79 Å². The lowest BCUT2D eigenvalue weighted by Crippen LogP contribution is -2.32. The van der Waals surface area contributed by atoms with Crippen molar-refractivity contribution in [1.82, 2.24) is 25.0 Å². The van der Waals surface area contributed by atoms with Gasteiger partial charge in [0.15, 0.2) is 5.16 Å². The molecule has 29 heavy (non-hydrogen) atoms. The summed E-state index contributed by atoms with van der Waals surface area (Å²) in [7, 11) is 0. The molecule has 0 saturated carbocycles. The quantitative estimate of drug-likeness (QED) is 0.353. The van der Waals surface area contributed by atoms with Gasteiger partial charge in [-0.25, -0.2) is 4.79 Å². The van der Waals surface area contributed by atoms with Crippen molar-refractivity contribution in [3.8, 4) is 5.69 Å². The Morgan fingerprint density at radius 1 is 0.966 bits per heavy atom. The minimum Gasteiger partial charge on any atom is -0.329 e. The molecule has 1 aromatic heterocycles. The summed E-state index contributed by atoms with van der Waals surface area (Å²) in [6.07, 6.45) is 1.38. The maximum Gasteiger partial charge on any atom is 0.324 e. The molecule has 4 rings (SSSR count). The number of nitrogens with one attached hydrogen (secondary N) is 1. The summed E-state index contributed by atoms with van der Waals surface area (Å²) in [6.45, 7) is 0.505. The number of carbonyl (C=O) groups excluding carboxylic acids is 2. The van der Waals surface area contributed by atoms with Gasteiger partial charge in [0.1, 0.15) is 5.82 Å². The van der Waals surface area contributed by atoms with Crippen LogP contribution >= 0.6 is 11.8 Å². The Morgan fingerprint density at radius 3 is 2.38 bits per heavy atom. The molecule has 148 valence electrons. The first kappa shape index (κ1) is 19.2. The van der Waals surface area contributed by atoms with Crippen LogP contribution < -0.4 is 5.32 Å². The van der Waals surface area contributed by atoms with Gasteiger partial charge in [-0.1, -0.05) is 60.3 Å². The Labute approximate surface area is 173 Å². The highest BCUT2D eigenvalue weighted by Gasteiger charge is 2.27. The lowest BCUT2D eigenvalue weighted by atomic mass is 10.1. The van der Waals surface area contributed by atoms with E-state index < -0.39 is 0 Å². The maximum absolute atomic E-state index is 11.7. The molecule has 1 N–H and O–H groups in total. The third-order valence-corrected chi connectivity index (χ3v) is 5.63. The highest BCUT2D eigenvalue weighted by molar-refractivity contribution is 7.99. The second-order valence-corrected chi connectivity index (χ2v) is 7.70. The number of thioether (sulfide) groups is 1. The van der Waals surface area contributed by atoms with E-state index in [4.69, 9.17) is 0 Å².